The Morgan fingerprint density at radius 1 is 1.10 bits per heavy atom. The van der Waals surface area contributed by atoms with E-state index in [2.05, 4.69) is 47.1 Å². The Balaban J connectivity index is 1.50. The van der Waals surface area contributed by atoms with Gasteiger partial charge < -0.3 is 10.1 Å². The lowest BCUT2D eigenvalue weighted by atomic mass is 10.0. The number of benzene rings is 1. The summed E-state index contributed by atoms with van der Waals surface area (Å²) in [4.78, 5) is 1.41. The van der Waals surface area contributed by atoms with Crippen molar-refractivity contribution in [3.8, 4) is 11.1 Å². The highest BCUT2D eigenvalue weighted by Gasteiger charge is 2.13. The van der Waals surface area contributed by atoms with E-state index in [1.165, 1.54) is 28.8 Å². The topological polar surface area (TPSA) is 21.3 Å². The van der Waals surface area contributed by atoms with Crippen LogP contribution in [0.5, 0.6) is 0 Å². The van der Waals surface area contributed by atoms with Crippen LogP contribution < -0.4 is 5.32 Å². The van der Waals surface area contributed by atoms with E-state index in [1.807, 2.05) is 11.3 Å². The SMILES string of the molecule is c1ccc(-c2csc(CNCC3CCOCC3)c2)cc1. The Morgan fingerprint density at radius 2 is 1.90 bits per heavy atom. The summed E-state index contributed by atoms with van der Waals surface area (Å²) in [7, 11) is 0. The lowest BCUT2D eigenvalue weighted by Crippen LogP contribution is -2.27. The van der Waals surface area contributed by atoms with Gasteiger partial charge in [0.05, 0.1) is 0 Å². The molecule has 2 heterocycles. The Kier molecular flexibility index (Phi) is 4.85. The maximum Gasteiger partial charge on any atom is 0.0469 e. The van der Waals surface area contributed by atoms with Crippen LogP contribution in [-0.2, 0) is 11.3 Å². The zero-order valence-corrected chi connectivity index (χ0v) is 12.5. The lowest BCUT2D eigenvalue weighted by Gasteiger charge is -2.22. The van der Waals surface area contributed by atoms with Crippen molar-refractivity contribution in [3.63, 3.8) is 0 Å². The number of ether oxygens (including phenoxy) is 1. The molecule has 1 aliphatic rings. The van der Waals surface area contributed by atoms with Crippen LogP contribution in [0.4, 0.5) is 0 Å². The summed E-state index contributed by atoms with van der Waals surface area (Å²) in [6.07, 6.45) is 2.40. The van der Waals surface area contributed by atoms with Crippen LogP contribution in [0.25, 0.3) is 11.1 Å². The highest BCUT2D eigenvalue weighted by atomic mass is 32.1. The van der Waals surface area contributed by atoms with E-state index in [4.69, 9.17) is 4.74 Å². The molecule has 1 N–H and O–H groups in total. The highest BCUT2D eigenvalue weighted by molar-refractivity contribution is 7.10. The van der Waals surface area contributed by atoms with Crippen molar-refractivity contribution < 1.29 is 4.74 Å². The molecule has 0 atom stereocenters. The molecule has 1 aliphatic heterocycles. The van der Waals surface area contributed by atoms with Gasteiger partial charge in [-0.2, -0.15) is 0 Å². The average Bonchev–Trinajstić information content (AvgIpc) is 2.98. The fourth-order valence-electron chi connectivity index (χ4n) is 2.61. The molecule has 3 rings (SSSR count). The second-order valence-electron chi connectivity index (χ2n) is 5.35. The summed E-state index contributed by atoms with van der Waals surface area (Å²) in [5, 5.41) is 5.84. The van der Waals surface area contributed by atoms with Crippen LogP contribution in [0.15, 0.2) is 41.8 Å². The molecule has 0 aliphatic carbocycles. The first-order valence-electron chi connectivity index (χ1n) is 7.33. The van der Waals surface area contributed by atoms with E-state index in [1.54, 1.807) is 0 Å². The summed E-state index contributed by atoms with van der Waals surface area (Å²) >= 11 is 1.84. The molecule has 1 aromatic carbocycles. The monoisotopic (exact) mass is 287 g/mol. The van der Waals surface area contributed by atoms with Crippen molar-refractivity contribution in [1.29, 1.82) is 0 Å². The number of thiophene rings is 1. The van der Waals surface area contributed by atoms with Crippen LogP contribution in [0.1, 0.15) is 17.7 Å². The molecule has 1 fully saturated rings. The van der Waals surface area contributed by atoms with Gasteiger partial charge in [0.2, 0.25) is 0 Å². The molecule has 2 aromatic rings. The summed E-state index contributed by atoms with van der Waals surface area (Å²) in [5.74, 6) is 0.789. The second kappa shape index (κ2) is 7.02. The summed E-state index contributed by atoms with van der Waals surface area (Å²) < 4.78 is 5.39. The maximum atomic E-state index is 5.39. The highest BCUT2D eigenvalue weighted by Crippen LogP contribution is 2.25. The van der Waals surface area contributed by atoms with Crippen LogP contribution in [0.3, 0.4) is 0 Å². The van der Waals surface area contributed by atoms with E-state index in [0.717, 1.165) is 32.2 Å². The van der Waals surface area contributed by atoms with E-state index in [9.17, 15) is 0 Å². The molecule has 0 amide bonds. The molecule has 0 radical (unpaired) electrons. The molecule has 1 aromatic heterocycles. The van der Waals surface area contributed by atoms with Crippen molar-refractivity contribution in [2.75, 3.05) is 19.8 Å². The molecule has 0 spiro atoms. The molecule has 2 nitrogen and oxygen atoms in total. The third kappa shape index (κ3) is 3.69. The quantitative estimate of drug-likeness (QED) is 0.899. The smallest absolute Gasteiger partial charge is 0.0469 e. The zero-order chi connectivity index (χ0) is 13.6. The molecule has 1 saturated heterocycles. The first-order chi connectivity index (χ1) is 9.92. The molecular formula is C17H21NOS. The molecular weight excluding hydrogens is 266 g/mol. The summed E-state index contributed by atoms with van der Waals surface area (Å²) in [5.41, 5.74) is 2.64. The van der Waals surface area contributed by atoms with E-state index in [-0.39, 0.29) is 0 Å². The average molecular weight is 287 g/mol. The van der Waals surface area contributed by atoms with Crippen LogP contribution >= 0.6 is 11.3 Å². The minimum atomic E-state index is 0.789. The van der Waals surface area contributed by atoms with Crippen molar-refractivity contribution >= 4 is 11.3 Å². The zero-order valence-electron chi connectivity index (χ0n) is 11.7. The van der Waals surface area contributed by atoms with Crippen molar-refractivity contribution in [2.24, 2.45) is 5.92 Å². The summed E-state index contributed by atoms with van der Waals surface area (Å²) in [6, 6.07) is 12.9. The third-order valence-corrected chi connectivity index (χ3v) is 4.77. The van der Waals surface area contributed by atoms with Gasteiger partial charge in [0, 0.05) is 24.6 Å². The van der Waals surface area contributed by atoms with Gasteiger partial charge in [0.15, 0.2) is 0 Å². The standard InChI is InChI=1S/C17H21NOS/c1-2-4-15(5-3-1)16-10-17(20-13-16)12-18-11-14-6-8-19-9-7-14/h1-5,10,13-14,18H,6-9,11-12H2. The number of rotatable bonds is 5. The minimum absolute atomic E-state index is 0.789. The Morgan fingerprint density at radius 3 is 2.70 bits per heavy atom. The molecule has 106 valence electrons. The molecule has 0 bridgehead atoms. The van der Waals surface area contributed by atoms with Crippen molar-refractivity contribution in [2.45, 2.75) is 19.4 Å². The van der Waals surface area contributed by atoms with Gasteiger partial charge in [0.25, 0.3) is 0 Å². The first-order valence-corrected chi connectivity index (χ1v) is 8.21. The van der Waals surface area contributed by atoms with Gasteiger partial charge in [-0.3, -0.25) is 0 Å². The Hall–Kier alpha value is -1.16. The molecule has 3 heteroatoms. The third-order valence-electron chi connectivity index (χ3n) is 3.83. The number of hydrogen-bond acceptors (Lipinski definition) is 3. The van der Waals surface area contributed by atoms with Gasteiger partial charge in [-0.25, -0.2) is 0 Å². The van der Waals surface area contributed by atoms with Gasteiger partial charge in [-0.1, -0.05) is 30.3 Å². The van der Waals surface area contributed by atoms with Crippen LogP contribution in [-0.4, -0.2) is 19.8 Å². The number of nitrogens with one attached hydrogen (secondary N) is 1. The summed E-state index contributed by atoms with van der Waals surface area (Å²) in [6.45, 7) is 3.96. The predicted octanol–water partition coefficient (Wildman–Crippen LogP) is 3.93. The van der Waals surface area contributed by atoms with Crippen LogP contribution in [0, 0.1) is 5.92 Å². The largest absolute Gasteiger partial charge is 0.381 e. The van der Waals surface area contributed by atoms with Gasteiger partial charge >= 0.3 is 0 Å². The Bertz CT molecular complexity index is 517. The second-order valence-corrected chi connectivity index (χ2v) is 6.35. The maximum absolute atomic E-state index is 5.39. The van der Waals surface area contributed by atoms with Gasteiger partial charge in [-0.05, 0) is 47.9 Å². The van der Waals surface area contributed by atoms with Gasteiger partial charge in [-0.15, -0.1) is 11.3 Å². The Labute approximate surface area is 124 Å². The normalized spacial score (nSPS) is 16.4. The molecule has 0 unspecified atom stereocenters. The van der Waals surface area contributed by atoms with Crippen LogP contribution in [0.2, 0.25) is 0 Å². The fraction of sp³-hybridized carbons (Fsp3) is 0.412. The fourth-order valence-corrected chi connectivity index (χ4v) is 3.47. The van der Waals surface area contributed by atoms with E-state index < -0.39 is 0 Å². The number of hydrogen-bond donors (Lipinski definition) is 1. The molecule has 0 saturated carbocycles. The molecule has 20 heavy (non-hydrogen) atoms. The lowest BCUT2D eigenvalue weighted by molar-refractivity contribution is 0.0662. The van der Waals surface area contributed by atoms with Crippen molar-refractivity contribution in [3.05, 3.63) is 46.7 Å². The van der Waals surface area contributed by atoms with Gasteiger partial charge in [0.1, 0.15) is 0 Å². The predicted molar refractivity (Wildman–Crippen MR) is 85.0 cm³/mol. The van der Waals surface area contributed by atoms with Crippen molar-refractivity contribution in [1.82, 2.24) is 5.32 Å². The van der Waals surface area contributed by atoms with E-state index >= 15 is 0 Å². The minimum Gasteiger partial charge on any atom is -0.381 e. The van der Waals surface area contributed by atoms with E-state index in [0.29, 0.717) is 0 Å². The first kappa shape index (κ1) is 13.8.